The number of aryl methyl sites for hydroxylation is 2. The Labute approximate surface area is 186 Å². The summed E-state index contributed by atoms with van der Waals surface area (Å²) in [7, 11) is 1.84. The number of carbonyl (C=O) groups is 1. The van der Waals surface area contributed by atoms with E-state index in [0.29, 0.717) is 18.7 Å². The lowest BCUT2D eigenvalue weighted by atomic mass is 9.89. The van der Waals surface area contributed by atoms with E-state index >= 15 is 0 Å². The number of pyridine rings is 1. The summed E-state index contributed by atoms with van der Waals surface area (Å²) >= 11 is 0. The average molecular weight is 440 g/mol. The Bertz CT molecular complexity index is 1130. The van der Waals surface area contributed by atoms with Gasteiger partial charge >= 0.3 is 0 Å². The maximum absolute atomic E-state index is 14.1. The highest BCUT2D eigenvalue weighted by molar-refractivity contribution is 6.01. The molecular weight excluding hydrogens is 412 g/mol. The summed E-state index contributed by atoms with van der Waals surface area (Å²) in [4.78, 5) is 19.4. The van der Waals surface area contributed by atoms with Gasteiger partial charge in [0.15, 0.2) is 11.6 Å². The summed E-state index contributed by atoms with van der Waals surface area (Å²) in [5.41, 5.74) is 3.35. The Morgan fingerprint density at radius 2 is 2.06 bits per heavy atom. The molecule has 6 nitrogen and oxygen atoms in total. The minimum Gasteiger partial charge on any atom is -0.366 e. The van der Waals surface area contributed by atoms with Crippen LogP contribution in [0.4, 0.5) is 14.6 Å². The summed E-state index contributed by atoms with van der Waals surface area (Å²) < 4.78 is 29.0. The lowest BCUT2D eigenvalue weighted by Crippen LogP contribution is -2.51. The first-order valence-electron chi connectivity index (χ1n) is 10.8. The summed E-state index contributed by atoms with van der Waals surface area (Å²) in [6.07, 6.45) is 6.50. The minimum absolute atomic E-state index is 0.0109. The monoisotopic (exact) mass is 439 g/mol. The van der Waals surface area contributed by atoms with Crippen LogP contribution in [0.5, 0.6) is 0 Å². The van der Waals surface area contributed by atoms with E-state index in [-0.39, 0.29) is 23.7 Å². The molecule has 1 saturated heterocycles. The van der Waals surface area contributed by atoms with Gasteiger partial charge in [0.25, 0.3) is 5.91 Å². The van der Waals surface area contributed by atoms with Crippen LogP contribution in [-0.4, -0.2) is 44.7 Å². The Morgan fingerprint density at radius 3 is 2.78 bits per heavy atom. The first kappa shape index (κ1) is 21.9. The summed E-state index contributed by atoms with van der Waals surface area (Å²) in [6.45, 7) is 5.01. The van der Waals surface area contributed by atoms with Gasteiger partial charge in [-0.15, -0.1) is 0 Å². The summed E-state index contributed by atoms with van der Waals surface area (Å²) in [5.74, 6) is -1.32. The Balaban J connectivity index is 1.62. The normalized spacial score (nSPS) is 18.6. The van der Waals surface area contributed by atoms with Gasteiger partial charge in [0.2, 0.25) is 0 Å². The molecule has 168 valence electrons. The molecule has 0 radical (unpaired) electrons. The molecular formula is C24H27F2N5O. The fourth-order valence-corrected chi connectivity index (χ4v) is 4.36. The number of carbonyl (C=O) groups excluding carboxylic acids is 1. The smallest absolute Gasteiger partial charge is 0.254 e. The van der Waals surface area contributed by atoms with Crippen molar-refractivity contribution < 1.29 is 13.6 Å². The largest absolute Gasteiger partial charge is 0.366 e. The number of nitrogens with zero attached hydrogens (tertiary/aromatic N) is 4. The highest BCUT2D eigenvalue weighted by Crippen LogP contribution is 2.30. The molecule has 32 heavy (non-hydrogen) atoms. The molecule has 3 aromatic rings. The molecule has 0 aliphatic carbocycles. The van der Waals surface area contributed by atoms with Crippen molar-refractivity contribution in [3.05, 3.63) is 65.6 Å². The van der Waals surface area contributed by atoms with Crippen LogP contribution >= 0.6 is 0 Å². The standard InChI is InChI=1S/C24H27F2N5O/c1-15-6-7-19(17-11-29-30(3)14-17)20(9-15)24(32)31-8-4-5-16(2)22(31)13-28-23-21(26)10-18(25)12-27-23/h6-7,9-12,14,16,22H,4-5,8,13H2,1-3H3,(H,27,28)/t16-,22?/m1/s1. The second-order valence-electron chi connectivity index (χ2n) is 8.50. The fraction of sp³-hybridized carbons (Fsp3) is 0.375. The molecule has 1 aliphatic heterocycles. The molecule has 1 aliphatic rings. The number of anilines is 1. The highest BCUT2D eigenvalue weighted by Gasteiger charge is 2.33. The average Bonchev–Trinajstić information content (AvgIpc) is 3.19. The number of rotatable bonds is 5. The van der Waals surface area contributed by atoms with Crippen molar-refractivity contribution in [2.45, 2.75) is 32.7 Å². The molecule has 8 heteroatoms. The summed E-state index contributed by atoms with van der Waals surface area (Å²) in [5, 5.41) is 7.22. The van der Waals surface area contributed by atoms with Crippen molar-refractivity contribution in [3.8, 4) is 11.1 Å². The van der Waals surface area contributed by atoms with Crippen molar-refractivity contribution in [2.24, 2.45) is 13.0 Å². The number of aromatic nitrogens is 3. The Kier molecular flexibility index (Phi) is 6.21. The minimum atomic E-state index is -0.746. The predicted molar refractivity (Wildman–Crippen MR) is 119 cm³/mol. The zero-order valence-corrected chi connectivity index (χ0v) is 18.5. The number of nitrogens with one attached hydrogen (secondary N) is 1. The fourth-order valence-electron chi connectivity index (χ4n) is 4.36. The lowest BCUT2D eigenvalue weighted by Gasteiger charge is -2.40. The predicted octanol–water partition coefficient (Wildman–Crippen LogP) is 4.42. The Hall–Kier alpha value is -3.29. The highest BCUT2D eigenvalue weighted by atomic mass is 19.1. The topological polar surface area (TPSA) is 63.1 Å². The third-order valence-corrected chi connectivity index (χ3v) is 6.08. The number of benzene rings is 1. The number of likely N-dealkylation sites (tertiary alicyclic amines) is 1. The first-order valence-corrected chi connectivity index (χ1v) is 10.8. The van der Waals surface area contributed by atoms with Gasteiger partial charge in [0.1, 0.15) is 5.82 Å². The van der Waals surface area contributed by atoms with E-state index in [1.165, 1.54) is 0 Å². The van der Waals surface area contributed by atoms with Crippen LogP contribution in [-0.2, 0) is 7.05 Å². The molecule has 0 spiro atoms. The second kappa shape index (κ2) is 9.06. The maximum Gasteiger partial charge on any atom is 0.254 e. The number of amides is 1. The van der Waals surface area contributed by atoms with E-state index in [4.69, 9.17) is 0 Å². The Morgan fingerprint density at radius 1 is 1.25 bits per heavy atom. The van der Waals surface area contributed by atoms with E-state index < -0.39 is 11.6 Å². The maximum atomic E-state index is 14.1. The molecule has 4 rings (SSSR count). The number of piperidine rings is 1. The van der Waals surface area contributed by atoms with E-state index in [0.717, 1.165) is 41.8 Å². The van der Waals surface area contributed by atoms with Crippen LogP contribution in [0.15, 0.2) is 42.9 Å². The molecule has 2 atom stereocenters. The molecule has 1 unspecified atom stereocenters. The SMILES string of the molecule is Cc1ccc(-c2cnn(C)c2)c(C(=O)N2CCC[C@@H](C)C2CNc2ncc(F)cc2F)c1. The lowest BCUT2D eigenvalue weighted by molar-refractivity contribution is 0.0540. The van der Waals surface area contributed by atoms with Gasteiger partial charge in [-0.2, -0.15) is 5.10 Å². The van der Waals surface area contributed by atoms with Crippen molar-refractivity contribution in [1.29, 1.82) is 0 Å². The van der Waals surface area contributed by atoms with Gasteiger partial charge in [-0.25, -0.2) is 13.8 Å². The number of halogens is 2. The van der Waals surface area contributed by atoms with Crippen LogP contribution < -0.4 is 5.32 Å². The summed E-state index contributed by atoms with van der Waals surface area (Å²) in [6, 6.07) is 6.51. The van der Waals surface area contributed by atoms with E-state index in [2.05, 4.69) is 22.3 Å². The molecule has 1 fully saturated rings. The van der Waals surface area contributed by atoms with Gasteiger partial charge < -0.3 is 10.2 Å². The molecule has 1 N–H and O–H groups in total. The molecule has 0 bridgehead atoms. The van der Waals surface area contributed by atoms with Crippen LogP contribution in [0.3, 0.4) is 0 Å². The van der Waals surface area contributed by atoms with Gasteiger partial charge in [0.05, 0.1) is 18.4 Å². The van der Waals surface area contributed by atoms with Crippen molar-refractivity contribution in [3.63, 3.8) is 0 Å². The van der Waals surface area contributed by atoms with Crippen LogP contribution in [0.2, 0.25) is 0 Å². The van der Waals surface area contributed by atoms with Crippen molar-refractivity contribution in [1.82, 2.24) is 19.7 Å². The van der Waals surface area contributed by atoms with E-state index in [9.17, 15) is 13.6 Å². The van der Waals surface area contributed by atoms with Gasteiger partial charge in [-0.3, -0.25) is 9.48 Å². The first-order chi connectivity index (χ1) is 15.3. The molecule has 3 heterocycles. The van der Waals surface area contributed by atoms with Crippen LogP contribution in [0, 0.1) is 24.5 Å². The van der Waals surface area contributed by atoms with Crippen LogP contribution in [0.1, 0.15) is 35.7 Å². The van der Waals surface area contributed by atoms with Gasteiger partial charge in [-0.05, 0) is 37.3 Å². The number of hydrogen-bond acceptors (Lipinski definition) is 4. The van der Waals surface area contributed by atoms with Crippen molar-refractivity contribution >= 4 is 11.7 Å². The van der Waals surface area contributed by atoms with Gasteiger partial charge in [0, 0.05) is 43.5 Å². The zero-order chi connectivity index (χ0) is 22.8. The quantitative estimate of drug-likeness (QED) is 0.639. The third kappa shape index (κ3) is 4.49. The third-order valence-electron chi connectivity index (χ3n) is 6.08. The van der Waals surface area contributed by atoms with Crippen LogP contribution in [0.25, 0.3) is 11.1 Å². The van der Waals surface area contributed by atoms with E-state index in [1.54, 1.807) is 10.9 Å². The molecule has 1 amide bonds. The molecule has 2 aromatic heterocycles. The second-order valence-corrected chi connectivity index (χ2v) is 8.50. The zero-order valence-electron chi connectivity index (χ0n) is 18.5. The molecule has 0 saturated carbocycles. The van der Waals surface area contributed by atoms with E-state index in [1.807, 2.05) is 43.3 Å². The van der Waals surface area contributed by atoms with Gasteiger partial charge in [-0.1, -0.05) is 24.6 Å². The van der Waals surface area contributed by atoms with Crippen molar-refractivity contribution in [2.75, 3.05) is 18.4 Å². The molecule has 1 aromatic carbocycles. The number of hydrogen-bond donors (Lipinski definition) is 1.